The summed E-state index contributed by atoms with van der Waals surface area (Å²) in [5.41, 5.74) is 1.34. The highest BCUT2D eigenvalue weighted by molar-refractivity contribution is 5.37. The molecule has 1 aromatic carbocycles. The van der Waals surface area contributed by atoms with Crippen molar-refractivity contribution in [3.8, 4) is 5.75 Å². The molecule has 1 atom stereocenters. The van der Waals surface area contributed by atoms with Gasteiger partial charge in [-0.1, -0.05) is 25.1 Å². The lowest BCUT2D eigenvalue weighted by Crippen LogP contribution is -2.31. The maximum Gasteiger partial charge on any atom is 0.123 e. The molecule has 2 N–H and O–H groups in total. The van der Waals surface area contributed by atoms with Crippen molar-refractivity contribution in [2.45, 2.75) is 25.9 Å². The van der Waals surface area contributed by atoms with Crippen molar-refractivity contribution in [3.05, 3.63) is 29.8 Å². The van der Waals surface area contributed by atoms with Crippen molar-refractivity contribution < 1.29 is 4.74 Å². The van der Waals surface area contributed by atoms with E-state index < -0.39 is 0 Å². The molecule has 3 heteroatoms. The van der Waals surface area contributed by atoms with E-state index in [1.807, 2.05) is 6.07 Å². The highest BCUT2D eigenvalue weighted by Gasteiger charge is 2.21. The quantitative estimate of drug-likeness (QED) is 0.703. The molecule has 0 amide bonds. The van der Waals surface area contributed by atoms with Crippen molar-refractivity contribution in [2.24, 2.45) is 0 Å². The van der Waals surface area contributed by atoms with Crippen molar-refractivity contribution in [3.63, 3.8) is 0 Å². The molecule has 1 heterocycles. The number of rotatable bonds is 7. The number of hydrogen-bond donors (Lipinski definition) is 2. The van der Waals surface area contributed by atoms with E-state index in [1.165, 1.54) is 12.0 Å². The van der Waals surface area contributed by atoms with Gasteiger partial charge in [-0.3, -0.25) is 0 Å². The smallest absolute Gasteiger partial charge is 0.123 e. The molecule has 0 aliphatic carbocycles. The first-order chi connectivity index (χ1) is 8.40. The Hall–Kier alpha value is -1.06. The number of hydrogen-bond acceptors (Lipinski definition) is 3. The fourth-order valence-electron chi connectivity index (χ4n) is 2.15. The van der Waals surface area contributed by atoms with Gasteiger partial charge in [-0.15, -0.1) is 0 Å². The van der Waals surface area contributed by atoms with E-state index in [9.17, 15) is 0 Å². The van der Waals surface area contributed by atoms with Crippen molar-refractivity contribution >= 4 is 0 Å². The molecule has 2 rings (SSSR count). The zero-order valence-corrected chi connectivity index (χ0v) is 10.5. The summed E-state index contributed by atoms with van der Waals surface area (Å²) in [4.78, 5) is 0. The average Bonchev–Trinajstić information content (AvgIpc) is 2.76. The average molecular weight is 234 g/mol. The Kier molecular flexibility index (Phi) is 4.83. The molecule has 0 bridgehead atoms. The highest BCUT2D eigenvalue weighted by atomic mass is 16.5. The summed E-state index contributed by atoms with van der Waals surface area (Å²) in [5, 5.41) is 6.78. The van der Waals surface area contributed by atoms with Crippen LogP contribution in [0.15, 0.2) is 24.3 Å². The van der Waals surface area contributed by atoms with Crippen LogP contribution in [0.25, 0.3) is 0 Å². The number of nitrogens with one attached hydrogen (secondary N) is 2. The van der Waals surface area contributed by atoms with Crippen molar-refractivity contribution in [1.29, 1.82) is 0 Å². The van der Waals surface area contributed by atoms with Gasteiger partial charge in [-0.05, 0) is 37.7 Å². The van der Waals surface area contributed by atoms with E-state index in [1.54, 1.807) is 0 Å². The van der Waals surface area contributed by atoms with Crippen LogP contribution in [0.5, 0.6) is 5.75 Å². The first kappa shape index (κ1) is 12.4. The third-order valence-electron chi connectivity index (χ3n) is 3.04. The molecule has 1 aromatic rings. The molecule has 1 aliphatic heterocycles. The summed E-state index contributed by atoms with van der Waals surface area (Å²) < 4.78 is 5.86. The van der Waals surface area contributed by atoms with Gasteiger partial charge in [0.05, 0.1) is 0 Å². The van der Waals surface area contributed by atoms with Crippen LogP contribution >= 0.6 is 0 Å². The minimum atomic E-state index is 0.312. The number of fused-ring (bicyclic) bond motifs is 1. The second-order valence-corrected chi connectivity index (χ2v) is 4.46. The van der Waals surface area contributed by atoms with Gasteiger partial charge in [0.15, 0.2) is 0 Å². The molecule has 94 valence electrons. The third-order valence-corrected chi connectivity index (χ3v) is 3.04. The maximum absolute atomic E-state index is 5.86. The lowest BCUT2D eigenvalue weighted by molar-refractivity contribution is 0.227. The first-order valence-corrected chi connectivity index (χ1v) is 6.56. The number of ether oxygens (including phenoxy) is 1. The van der Waals surface area contributed by atoms with Gasteiger partial charge in [0, 0.05) is 13.0 Å². The second kappa shape index (κ2) is 6.62. The molecular weight excluding hydrogens is 212 g/mol. The summed E-state index contributed by atoms with van der Waals surface area (Å²) in [5.74, 6) is 1.06. The summed E-state index contributed by atoms with van der Waals surface area (Å²) in [6.07, 6.45) is 2.52. The van der Waals surface area contributed by atoms with Crippen LogP contribution < -0.4 is 15.4 Å². The maximum atomic E-state index is 5.86. The SMILES string of the molecule is CCNCCCNCC1Cc2ccccc2O1. The topological polar surface area (TPSA) is 33.3 Å². The highest BCUT2D eigenvalue weighted by Crippen LogP contribution is 2.27. The number of benzene rings is 1. The molecule has 3 nitrogen and oxygen atoms in total. The lowest BCUT2D eigenvalue weighted by atomic mass is 10.1. The Bertz CT molecular complexity index is 316. The van der Waals surface area contributed by atoms with E-state index in [0.29, 0.717) is 6.10 Å². The minimum absolute atomic E-state index is 0.312. The molecule has 0 saturated carbocycles. The molecular formula is C14H22N2O. The number of para-hydroxylation sites is 1. The van der Waals surface area contributed by atoms with Crippen LogP contribution in [-0.4, -0.2) is 32.3 Å². The predicted molar refractivity (Wildman–Crippen MR) is 70.6 cm³/mol. The van der Waals surface area contributed by atoms with Gasteiger partial charge in [-0.2, -0.15) is 0 Å². The van der Waals surface area contributed by atoms with Gasteiger partial charge in [0.1, 0.15) is 11.9 Å². The summed E-state index contributed by atoms with van der Waals surface area (Å²) in [6, 6.07) is 8.32. The van der Waals surface area contributed by atoms with Crippen LogP contribution in [0, 0.1) is 0 Å². The molecule has 0 fully saturated rings. The Morgan fingerprint density at radius 3 is 2.88 bits per heavy atom. The largest absolute Gasteiger partial charge is 0.488 e. The Labute approximate surface area is 104 Å². The van der Waals surface area contributed by atoms with Gasteiger partial charge in [0.2, 0.25) is 0 Å². The van der Waals surface area contributed by atoms with Crippen LogP contribution in [0.3, 0.4) is 0 Å². The van der Waals surface area contributed by atoms with Gasteiger partial charge in [-0.25, -0.2) is 0 Å². The molecule has 1 aliphatic rings. The van der Waals surface area contributed by atoms with Gasteiger partial charge < -0.3 is 15.4 Å². The van der Waals surface area contributed by atoms with Gasteiger partial charge >= 0.3 is 0 Å². The molecule has 0 radical (unpaired) electrons. The fourth-order valence-corrected chi connectivity index (χ4v) is 2.15. The molecule has 0 saturated heterocycles. The standard InChI is InChI=1S/C14H22N2O/c1-2-15-8-5-9-16-11-13-10-12-6-3-4-7-14(12)17-13/h3-4,6-7,13,15-16H,2,5,8-11H2,1H3. The normalized spacial score (nSPS) is 17.8. The zero-order chi connectivity index (χ0) is 11.9. The van der Waals surface area contributed by atoms with E-state index >= 15 is 0 Å². The first-order valence-electron chi connectivity index (χ1n) is 6.56. The van der Waals surface area contributed by atoms with E-state index in [0.717, 1.165) is 38.3 Å². The lowest BCUT2D eigenvalue weighted by Gasteiger charge is -2.11. The van der Waals surface area contributed by atoms with Crippen LogP contribution in [-0.2, 0) is 6.42 Å². The monoisotopic (exact) mass is 234 g/mol. The van der Waals surface area contributed by atoms with E-state index in [4.69, 9.17) is 4.74 Å². The van der Waals surface area contributed by atoms with Crippen LogP contribution in [0.4, 0.5) is 0 Å². The minimum Gasteiger partial charge on any atom is -0.488 e. The zero-order valence-electron chi connectivity index (χ0n) is 10.5. The second-order valence-electron chi connectivity index (χ2n) is 4.46. The summed E-state index contributed by atoms with van der Waals surface area (Å²) in [6.45, 7) is 6.29. The van der Waals surface area contributed by atoms with Crippen LogP contribution in [0.2, 0.25) is 0 Å². The Morgan fingerprint density at radius 2 is 2.06 bits per heavy atom. The van der Waals surface area contributed by atoms with Crippen molar-refractivity contribution in [1.82, 2.24) is 10.6 Å². The summed E-state index contributed by atoms with van der Waals surface area (Å²) in [7, 11) is 0. The fraction of sp³-hybridized carbons (Fsp3) is 0.571. The molecule has 17 heavy (non-hydrogen) atoms. The van der Waals surface area contributed by atoms with Gasteiger partial charge in [0.25, 0.3) is 0 Å². The van der Waals surface area contributed by atoms with E-state index in [-0.39, 0.29) is 0 Å². The predicted octanol–water partition coefficient (Wildman–Crippen LogP) is 1.58. The Balaban J connectivity index is 1.60. The third kappa shape index (κ3) is 3.72. The molecule has 1 unspecified atom stereocenters. The van der Waals surface area contributed by atoms with Crippen molar-refractivity contribution in [2.75, 3.05) is 26.2 Å². The Morgan fingerprint density at radius 1 is 1.24 bits per heavy atom. The molecule has 0 aromatic heterocycles. The van der Waals surface area contributed by atoms with E-state index in [2.05, 4.69) is 35.8 Å². The molecule has 0 spiro atoms. The van der Waals surface area contributed by atoms with Crippen LogP contribution in [0.1, 0.15) is 18.9 Å². The summed E-state index contributed by atoms with van der Waals surface area (Å²) >= 11 is 0.